The second kappa shape index (κ2) is 5.32. The first-order valence-corrected chi connectivity index (χ1v) is 6.08. The molecule has 0 aliphatic heterocycles. The highest BCUT2D eigenvalue weighted by Crippen LogP contribution is 2.41. The lowest BCUT2D eigenvalue weighted by atomic mass is 10.1. The van der Waals surface area contributed by atoms with Gasteiger partial charge in [0.25, 0.3) is 0 Å². The molecule has 90 valence electrons. The molecular formula is C13H14ClNO2. The van der Waals surface area contributed by atoms with E-state index in [4.69, 9.17) is 16.3 Å². The Bertz CT molecular complexity index is 452. The van der Waals surface area contributed by atoms with Gasteiger partial charge in [-0.25, -0.2) is 4.79 Å². The van der Waals surface area contributed by atoms with Crippen LogP contribution in [0.1, 0.15) is 25.5 Å². The number of aromatic nitrogens is 1. The fourth-order valence-corrected chi connectivity index (χ4v) is 1.83. The molecule has 0 spiro atoms. The van der Waals surface area contributed by atoms with Crippen molar-refractivity contribution >= 4 is 23.1 Å². The number of halogens is 1. The number of nitrogens with zero attached hydrogens (tertiary/aromatic N) is 1. The molecule has 17 heavy (non-hydrogen) atoms. The number of carbonyl (C=O) groups excluding carboxylic acids is 1. The van der Waals surface area contributed by atoms with E-state index < -0.39 is 0 Å². The minimum atomic E-state index is -0.309. The summed E-state index contributed by atoms with van der Waals surface area (Å²) in [4.78, 5) is 15.7. The Morgan fingerprint density at radius 2 is 2.41 bits per heavy atom. The van der Waals surface area contributed by atoms with E-state index in [0.717, 1.165) is 24.1 Å². The SMILES string of the molecule is CCOC(=O)/C=C(/c1cc(Cl)ccn1)C1CC1. The van der Waals surface area contributed by atoms with Gasteiger partial charge < -0.3 is 4.74 Å². The molecule has 1 aliphatic carbocycles. The summed E-state index contributed by atoms with van der Waals surface area (Å²) < 4.78 is 4.93. The molecule has 3 nitrogen and oxygen atoms in total. The summed E-state index contributed by atoms with van der Waals surface area (Å²) in [7, 11) is 0. The molecule has 1 saturated carbocycles. The van der Waals surface area contributed by atoms with Crippen molar-refractivity contribution in [3.63, 3.8) is 0 Å². The standard InChI is InChI=1S/C13H14ClNO2/c1-2-17-13(16)8-11(9-3-4-9)12-7-10(14)5-6-15-12/h5-9H,2-4H2,1H3/b11-8+. The Morgan fingerprint density at radius 1 is 1.65 bits per heavy atom. The van der Waals surface area contributed by atoms with Crippen LogP contribution in [-0.2, 0) is 9.53 Å². The number of hydrogen-bond acceptors (Lipinski definition) is 3. The number of ether oxygens (including phenoxy) is 1. The summed E-state index contributed by atoms with van der Waals surface area (Å²) in [6.45, 7) is 2.18. The highest BCUT2D eigenvalue weighted by atomic mass is 35.5. The Morgan fingerprint density at radius 3 is 3.00 bits per heavy atom. The van der Waals surface area contributed by atoms with Crippen LogP contribution in [0.5, 0.6) is 0 Å². The van der Waals surface area contributed by atoms with E-state index in [0.29, 0.717) is 17.5 Å². The van der Waals surface area contributed by atoms with Crippen LogP contribution in [0.3, 0.4) is 0 Å². The molecule has 1 aromatic rings. The summed E-state index contributed by atoms with van der Waals surface area (Å²) in [6, 6.07) is 3.50. The molecule has 1 aromatic heterocycles. The second-order valence-corrected chi connectivity index (χ2v) is 4.42. The monoisotopic (exact) mass is 251 g/mol. The Labute approximate surface area is 105 Å². The maximum atomic E-state index is 11.5. The van der Waals surface area contributed by atoms with Gasteiger partial charge in [0.15, 0.2) is 0 Å². The molecule has 0 unspecified atom stereocenters. The molecule has 0 atom stereocenters. The van der Waals surface area contributed by atoms with E-state index in [1.807, 2.05) is 0 Å². The first-order chi connectivity index (χ1) is 8.20. The fourth-order valence-electron chi connectivity index (χ4n) is 1.67. The van der Waals surface area contributed by atoms with Crippen LogP contribution in [0.15, 0.2) is 24.4 Å². The van der Waals surface area contributed by atoms with E-state index in [-0.39, 0.29) is 5.97 Å². The van der Waals surface area contributed by atoms with Gasteiger partial charge in [0.1, 0.15) is 0 Å². The molecule has 0 radical (unpaired) electrons. The molecule has 0 aromatic carbocycles. The van der Waals surface area contributed by atoms with Crippen molar-refractivity contribution in [3.8, 4) is 0 Å². The van der Waals surface area contributed by atoms with Crippen molar-refractivity contribution in [3.05, 3.63) is 35.1 Å². The Balaban J connectivity index is 2.26. The molecule has 2 rings (SSSR count). The number of esters is 1. The third kappa shape index (κ3) is 3.30. The second-order valence-electron chi connectivity index (χ2n) is 3.99. The Kier molecular flexibility index (Phi) is 3.79. The molecule has 0 N–H and O–H groups in total. The normalized spacial score (nSPS) is 15.8. The smallest absolute Gasteiger partial charge is 0.331 e. The summed E-state index contributed by atoms with van der Waals surface area (Å²) in [5.41, 5.74) is 1.71. The molecule has 4 heteroatoms. The topological polar surface area (TPSA) is 39.2 Å². The highest BCUT2D eigenvalue weighted by molar-refractivity contribution is 6.30. The first-order valence-electron chi connectivity index (χ1n) is 5.71. The zero-order chi connectivity index (χ0) is 12.3. The van der Waals surface area contributed by atoms with Crippen LogP contribution < -0.4 is 0 Å². The lowest BCUT2D eigenvalue weighted by Gasteiger charge is -2.05. The number of hydrogen-bond donors (Lipinski definition) is 0. The van der Waals surface area contributed by atoms with E-state index in [2.05, 4.69) is 4.98 Å². The van der Waals surface area contributed by atoms with Gasteiger partial charge in [-0.05, 0) is 43.4 Å². The van der Waals surface area contributed by atoms with Crippen molar-refractivity contribution in [2.75, 3.05) is 6.61 Å². The van der Waals surface area contributed by atoms with E-state index in [1.54, 1.807) is 31.3 Å². The molecular weight excluding hydrogens is 238 g/mol. The van der Waals surface area contributed by atoms with Crippen LogP contribution in [-0.4, -0.2) is 17.6 Å². The minimum Gasteiger partial charge on any atom is -0.463 e. The first kappa shape index (κ1) is 12.1. The van der Waals surface area contributed by atoms with E-state index in [1.165, 1.54) is 0 Å². The van der Waals surface area contributed by atoms with Crippen molar-refractivity contribution in [1.29, 1.82) is 0 Å². The largest absolute Gasteiger partial charge is 0.463 e. The van der Waals surface area contributed by atoms with Gasteiger partial charge >= 0.3 is 5.97 Å². The van der Waals surface area contributed by atoms with Crippen molar-refractivity contribution in [2.24, 2.45) is 5.92 Å². The van der Waals surface area contributed by atoms with Crippen LogP contribution in [0.25, 0.3) is 5.57 Å². The van der Waals surface area contributed by atoms with Gasteiger partial charge in [0, 0.05) is 17.3 Å². The Hall–Kier alpha value is -1.35. The summed E-state index contributed by atoms with van der Waals surface area (Å²) in [5, 5.41) is 0.630. The molecule has 1 heterocycles. The minimum absolute atomic E-state index is 0.309. The molecule has 0 saturated heterocycles. The summed E-state index contributed by atoms with van der Waals surface area (Å²) in [6.07, 6.45) is 5.39. The van der Waals surface area contributed by atoms with Crippen LogP contribution >= 0.6 is 11.6 Å². The zero-order valence-corrected chi connectivity index (χ0v) is 10.4. The maximum absolute atomic E-state index is 11.5. The highest BCUT2D eigenvalue weighted by Gasteiger charge is 2.28. The van der Waals surface area contributed by atoms with Crippen molar-refractivity contribution in [1.82, 2.24) is 4.98 Å². The van der Waals surface area contributed by atoms with Gasteiger partial charge in [-0.1, -0.05) is 11.6 Å². The number of allylic oxidation sites excluding steroid dienone is 1. The van der Waals surface area contributed by atoms with E-state index >= 15 is 0 Å². The fraction of sp³-hybridized carbons (Fsp3) is 0.385. The summed E-state index contributed by atoms with van der Waals surface area (Å²) in [5.74, 6) is 0.113. The van der Waals surface area contributed by atoms with Gasteiger partial charge in [-0.15, -0.1) is 0 Å². The molecule has 1 aliphatic rings. The lowest BCUT2D eigenvalue weighted by Crippen LogP contribution is -2.02. The van der Waals surface area contributed by atoms with Gasteiger partial charge in [-0.3, -0.25) is 4.98 Å². The number of carbonyl (C=O) groups is 1. The van der Waals surface area contributed by atoms with Crippen molar-refractivity contribution < 1.29 is 9.53 Å². The quantitative estimate of drug-likeness (QED) is 0.610. The third-order valence-electron chi connectivity index (χ3n) is 2.59. The van der Waals surface area contributed by atoms with E-state index in [9.17, 15) is 4.79 Å². The average Bonchev–Trinajstić information content (AvgIpc) is 3.10. The molecule has 0 bridgehead atoms. The number of pyridine rings is 1. The van der Waals surface area contributed by atoms with Gasteiger partial charge in [-0.2, -0.15) is 0 Å². The summed E-state index contributed by atoms with van der Waals surface area (Å²) >= 11 is 5.93. The molecule has 1 fully saturated rings. The zero-order valence-electron chi connectivity index (χ0n) is 9.65. The third-order valence-corrected chi connectivity index (χ3v) is 2.83. The average molecular weight is 252 g/mol. The lowest BCUT2D eigenvalue weighted by molar-refractivity contribution is -0.137. The van der Waals surface area contributed by atoms with Crippen LogP contribution in [0, 0.1) is 5.92 Å². The van der Waals surface area contributed by atoms with Gasteiger partial charge in [0.05, 0.1) is 12.3 Å². The predicted molar refractivity (Wildman–Crippen MR) is 66.6 cm³/mol. The van der Waals surface area contributed by atoms with Crippen molar-refractivity contribution in [2.45, 2.75) is 19.8 Å². The van der Waals surface area contributed by atoms with Gasteiger partial charge in [0.2, 0.25) is 0 Å². The predicted octanol–water partition coefficient (Wildman–Crippen LogP) is 3.09. The number of rotatable bonds is 4. The van der Waals surface area contributed by atoms with Crippen LogP contribution in [0.4, 0.5) is 0 Å². The van der Waals surface area contributed by atoms with Crippen LogP contribution in [0.2, 0.25) is 5.02 Å². The maximum Gasteiger partial charge on any atom is 0.331 e. The molecule has 0 amide bonds.